The van der Waals surface area contributed by atoms with Crippen molar-refractivity contribution < 1.29 is 9.59 Å². The molecule has 0 saturated carbocycles. The average molecular weight is 567 g/mol. The van der Waals surface area contributed by atoms with Gasteiger partial charge in [-0.15, -0.1) is 0 Å². The van der Waals surface area contributed by atoms with E-state index in [1.807, 2.05) is 54.7 Å². The minimum atomic E-state index is -0.395. The van der Waals surface area contributed by atoms with Crippen LogP contribution in [0.4, 0.5) is 16.2 Å². The van der Waals surface area contributed by atoms with Gasteiger partial charge < -0.3 is 20.4 Å². The first-order valence-corrected chi connectivity index (χ1v) is 14.0. The molecule has 3 amide bonds. The van der Waals surface area contributed by atoms with Crippen LogP contribution < -0.4 is 15.5 Å². The molecule has 2 heterocycles. The molecule has 39 heavy (non-hydrogen) atoms. The number of hydrogen-bond donors (Lipinski definition) is 2. The number of nitrogens with one attached hydrogen (secondary N) is 2. The zero-order valence-electron chi connectivity index (χ0n) is 22.4. The quantitative estimate of drug-likeness (QED) is 0.362. The van der Waals surface area contributed by atoms with E-state index >= 15 is 0 Å². The first-order valence-electron chi connectivity index (χ1n) is 13.2. The van der Waals surface area contributed by atoms with E-state index in [9.17, 15) is 9.59 Å². The van der Waals surface area contributed by atoms with Gasteiger partial charge in [0.1, 0.15) is 0 Å². The molecule has 5 rings (SSSR count). The van der Waals surface area contributed by atoms with Gasteiger partial charge in [-0.3, -0.25) is 9.78 Å². The lowest BCUT2D eigenvalue weighted by molar-refractivity contribution is 0.0709. The van der Waals surface area contributed by atoms with Crippen LogP contribution >= 0.6 is 23.2 Å². The van der Waals surface area contributed by atoms with Crippen LogP contribution in [0, 0.1) is 0 Å². The summed E-state index contributed by atoms with van der Waals surface area (Å²) < 4.78 is 0. The van der Waals surface area contributed by atoms with Crippen molar-refractivity contribution in [3.05, 3.63) is 87.7 Å². The number of pyridine rings is 1. The van der Waals surface area contributed by atoms with Gasteiger partial charge >= 0.3 is 6.03 Å². The minimum absolute atomic E-state index is 0.00378. The molecule has 0 bridgehead atoms. The second kappa shape index (κ2) is 11.1. The van der Waals surface area contributed by atoms with E-state index in [1.54, 1.807) is 18.2 Å². The van der Waals surface area contributed by atoms with Crippen molar-refractivity contribution in [2.75, 3.05) is 30.4 Å². The zero-order valence-corrected chi connectivity index (χ0v) is 23.9. The number of hydrogen-bond acceptors (Lipinski definition) is 4. The summed E-state index contributed by atoms with van der Waals surface area (Å²) in [6.45, 7) is 6.09. The lowest BCUT2D eigenvalue weighted by atomic mass is 9.86. The fourth-order valence-electron chi connectivity index (χ4n) is 5.82. The Morgan fingerprint density at radius 1 is 1.03 bits per heavy atom. The number of anilines is 2. The molecule has 1 aliphatic carbocycles. The van der Waals surface area contributed by atoms with Gasteiger partial charge in [0.25, 0.3) is 5.91 Å². The van der Waals surface area contributed by atoms with E-state index in [-0.39, 0.29) is 23.4 Å². The van der Waals surface area contributed by atoms with Gasteiger partial charge in [-0.25, -0.2) is 4.79 Å². The molecule has 3 aromatic rings. The number of halogens is 2. The topological polar surface area (TPSA) is 77.6 Å². The number of benzene rings is 2. The average Bonchev–Trinajstić information content (AvgIpc) is 3.19. The maximum atomic E-state index is 13.6. The number of urea groups is 1. The van der Waals surface area contributed by atoms with Crippen LogP contribution in [0.25, 0.3) is 0 Å². The van der Waals surface area contributed by atoms with Crippen molar-refractivity contribution in [2.24, 2.45) is 0 Å². The molecule has 2 aliphatic rings. The van der Waals surface area contributed by atoms with E-state index in [2.05, 4.69) is 34.4 Å². The molecule has 204 valence electrons. The molecule has 1 aromatic heterocycles. The van der Waals surface area contributed by atoms with E-state index in [1.165, 1.54) is 0 Å². The van der Waals surface area contributed by atoms with E-state index < -0.39 is 6.03 Å². The summed E-state index contributed by atoms with van der Waals surface area (Å²) in [5.74, 6) is -0.00378. The van der Waals surface area contributed by atoms with Gasteiger partial charge in [0.05, 0.1) is 21.8 Å². The number of amides is 3. The molecule has 1 saturated heterocycles. The van der Waals surface area contributed by atoms with Gasteiger partial charge in [-0.2, -0.15) is 0 Å². The molecule has 0 spiro atoms. The van der Waals surface area contributed by atoms with Crippen molar-refractivity contribution in [2.45, 2.75) is 50.6 Å². The van der Waals surface area contributed by atoms with Crippen molar-refractivity contribution in [3.8, 4) is 0 Å². The molecule has 1 atom stereocenters. The molecule has 1 unspecified atom stereocenters. The van der Waals surface area contributed by atoms with Crippen molar-refractivity contribution in [1.82, 2.24) is 15.2 Å². The van der Waals surface area contributed by atoms with Crippen molar-refractivity contribution >= 4 is 46.5 Å². The summed E-state index contributed by atoms with van der Waals surface area (Å²) in [6.07, 6.45) is 6.13. The van der Waals surface area contributed by atoms with Crippen LogP contribution in [0.3, 0.4) is 0 Å². The molecular weight excluding hydrogens is 533 g/mol. The number of piperidine rings is 1. The summed E-state index contributed by atoms with van der Waals surface area (Å²) in [6, 6.07) is 14.5. The number of rotatable bonds is 5. The Balaban J connectivity index is 1.28. The second-order valence-electron chi connectivity index (χ2n) is 11.0. The third kappa shape index (κ3) is 5.70. The van der Waals surface area contributed by atoms with Gasteiger partial charge in [-0.05, 0) is 72.2 Å². The summed E-state index contributed by atoms with van der Waals surface area (Å²) >= 11 is 12.5. The van der Waals surface area contributed by atoms with Gasteiger partial charge in [0, 0.05) is 49.8 Å². The zero-order chi connectivity index (χ0) is 27.7. The van der Waals surface area contributed by atoms with Crippen LogP contribution in [0.15, 0.2) is 60.9 Å². The number of carbonyl (C=O) groups excluding carboxylic acids is 2. The highest BCUT2D eigenvalue weighted by atomic mass is 35.5. The molecule has 1 aliphatic heterocycles. The smallest absolute Gasteiger partial charge is 0.319 e. The van der Waals surface area contributed by atoms with Gasteiger partial charge in [0.15, 0.2) is 0 Å². The van der Waals surface area contributed by atoms with Crippen LogP contribution in [0.1, 0.15) is 60.6 Å². The molecule has 2 N–H and O–H groups in total. The Kier molecular flexibility index (Phi) is 7.74. The Labute approximate surface area is 239 Å². The maximum absolute atomic E-state index is 13.6. The second-order valence-corrected chi connectivity index (χ2v) is 11.8. The van der Waals surface area contributed by atoms with Gasteiger partial charge in [0.2, 0.25) is 0 Å². The molecular formula is C30H33Cl2N5O2. The molecule has 2 aromatic carbocycles. The fraction of sp³-hybridized carbons (Fsp3) is 0.367. The number of aromatic nitrogens is 1. The van der Waals surface area contributed by atoms with E-state index in [0.717, 1.165) is 42.7 Å². The highest BCUT2D eigenvalue weighted by Gasteiger charge is 2.38. The summed E-state index contributed by atoms with van der Waals surface area (Å²) in [4.78, 5) is 34.8. The number of nitrogens with zero attached hydrogens (tertiary/aromatic N) is 3. The van der Waals surface area contributed by atoms with Crippen LogP contribution in [0.5, 0.6) is 0 Å². The van der Waals surface area contributed by atoms with Crippen molar-refractivity contribution in [1.29, 1.82) is 0 Å². The highest BCUT2D eigenvalue weighted by Crippen LogP contribution is 2.45. The maximum Gasteiger partial charge on any atom is 0.319 e. The summed E-state index contributed by atoms with van der Waals surface area (Å²) in [5, 5.41) is 6.59. The summed E-state index contributed by atoms with van der Waals surface area (Å²) in [7, 11) is 1.89. The SMILES string of the molecule is CN(C(=O)c1ccc2c(c1)C(NC(=O)Nc1c(Cl)cccc1Cl)CC2(C)C)C1CCN(c2ccncc2)CC1. The van der Waals surface area contributed by atoms with Crippen LogP contribution in [-0.2, 0) is 5.41 Å². The molecule has 0 radical (unpaired) electrons. The predicted molar refractivity (Wildman–Crippen MR) is 157 cm³/mol. The lowest BCUT2D eigenvalue weighted by Crippen LogP contribution is -2.45. The minimum Gasteiger partial charge on any atom is -0.371 e. The van der Waals surface area contributed by atoms with Crippen LogP contribution in [-0.4, -0.2) is 48.0 Å². The lowest BCUT2D eigenvalue weighted by Gasteiger charge is -2.38. The van der Waals surface area contributed by atoms with Crippen LogP contribution in [0.2, 0.25) is 10.0 Å². The van der Waals surface area contributed by atoms with Gasteiger partial charge in [-0.1, -0.05) is 49.2 Å². The largest absolute Gasteiger partial charge is 0.371 e. The first kappa shape index (κ1) is 27.3. The Morgan fingerprint density at radius 2 is 1.69 bits per heavy atom. The predicted octanol–water partition coefficient (Wildman–Crippen LogP) is 6.67. The monoisotopic (exact) mass is 565 g/mol. The highest BCUT2D eigenvalue weighted by molar-refractivity contribution is 6.39. The Bertz CT molecular complexity index is 1350. The number of para-hydroxylation sites is 1. The third-order valence-corrected chi connectivity index (χ3v) is 8.61. The number of fused-ring (bicyclic) bond motifs is 1. The Hall–Kier alpha value is -3.29. The fourth-order valence-corrected chi connectivity index (χ4v) is 6.31. The number of carbonyl (C=O) groups is 2. The van der Waals surface area contributed by atoms with E-state index in [0.29, 0.717) is 27.7 Å². The van der Waals surface area contributed by atoms with Crippen molar-refractivity contribution in [3.63, 3.8) is 0 Å². The Morgan fingerprint density at radius 3 is 2.36 bits per heavy atom. The first-order chi connectivity index (χ1) is 18.6. The van der Waals surface area contributed by atoms with E-state index in [4.69, 9.17) is 23.2 Å². The molecule has 7 nitrogen and oxygen atoms in total. The summed E-state index contributed by atoms with van der Waals surface area (Å²) in [5.41, 5.74) is 4.12. The standard InChI is InChI=1S/C30H33Cl2N5O2/c1-30(2)18-26(34-29(39)35-27-24(31)5-4-6-25(27)32)22-17-19(7-8-23(22)30)28(38)36(3)20-11-15-37(16-12-20)21-9-13-33-14-10-21/h4-10,13-14,17,20,26H,11-12,15-16,18H2,1-3H3,(H2,34,35,39). The molecule has 9 heteroatoms. The third-order valence-electron chi connectivity index (χ3n) is 7.98. The molecule has 1 fully saturated rings. The normalized spacial score (nSPS) is 18.4.